The van der Waals surface area contributed by atoms with Crippen LogP contribution in [0, 0.1) is 0 Å². The van der Waals surface area contributed by atoms with E-state index < -0.39 is 0 Å². The summed E-state index contributed by atoms with van der Waals surface area (Å²) in [5.41, 5.74) is 10.9. The Labute approximate surface area is 181 Å². The second kappa shape index (κ2) is 6.88. The number of aromatic nitrogens is 4. The standard InChI is InChI=1S/C23H18N6OS/c24-21-20-16-9-10-28(11-19(16)31-22(20)26-12-25-21)23(30)14-5-7-15(8-6-14)29-13-27-17-3-1-2-4-18(17)29/h1-8,12-13H,9-11H2,(H2,24,25,26). The van der Waals surface area contributed by atoms with Crippen molar-refractivity contribution in [2.75, 3.05) is 12.3 Å². The molecule has 31 heavy (non-hydrogen) atoms. The third kappa shape index (κ3) is 2.87. The van der Waals surface area contributed by atoms with Crippen LogP contribution in [0.2, 0.25) is 0 Å². The number of carbonyl (C=O) groups excluding carboxylic acids is 1. The molecule has 0 saturated heterocycles. The number of thiophene rings is 1. The summed E-state index contributed by atoms with van der Waals surface area (Å²) in [7, 11) is 0. The second-order valence-electron chi connectivity index (χ2n) is 7.57. The lowest BCUT2D eigenvalue weighted by Gasteiger charge is -2.27. The number of imidazole rings is 1. The summed E-state index contributed by atoms with van der Waals surface area (Å²) in [5, 5.41) is 0.950. The van der Waals surface area contributed by atoms with E-state index in [4.69, 9.17) is 5.73 Å². The summed E-state index contributed by atoms with van der Waals surface area (Å²) in [5.74, 6) is 0.550. The van der Waals surface area contributed by atoms with E-state index in [1.54, 1.807) is 11.3 Å². The largest absolute Gasteiger partial charge is 0.383 e. The fourth-order valence-electron chi connectivity index (χ4n) is 4.24. The molecule has 0 aliphatic carbocycles. The molecule has 0 fully saturated rings. The summed E-state index contributed by atoms with van der Waals surface area (Å²) in [4.78, 5) is 30.0. The number of amides is 1. The van der Waals surface area contributed by atoms with E-state index in [2.05, 4.69) is 15.0 Å². The van der Waals surface area contributed by atoms with E-state index in [-0.39, 0.29) is 5.91 Å². The lowest BCUT2D eigenvalue weighted by atomic mass is 10.0. The molecule has 1 aliphatic rings. The van der Waals surface area contributed by atoms with Crippen LogP contribution in [0.5, 0.6) is 0 Å². The Morgan fingerprint density at radius 1 is 1.03 bits per heavy atom. The van der Waals surface area contributed by atoms with Gasteiger partial charge in [0.1, 0.15) is 23.3 Å². The maximum absolute atomic E-state index is 13.2. The highest BCUT2D eigenvalue weighted by atomic mass is 32.1. The molecular weight excluding hydrogens is 408 g/mol. The quantitative estimate of drug-likeness (QED) is 0.464. The zero-order valence-corrected chi connectivity index (χ0v) is 17.3. The minimum absolute atomic E-state index is 0.0317. The van der Waals surface area contributed by atoms with Crippen molar-refractivity contribution in [3.05, 3.63) is 77.2 Å². The summed E-state index contributed by atoms with van der Waals surface area (Å²) in [6.45, 7) is 1.22. The molecule has 2 aromatic carbocycles. The van der Waals surface area contributed by atoms with Gasteiger partial charge in [0.15, 0.2) is 0 Å². The molecular formula is C23H18N6OS. The number of benzene rings is 2. The van der Waals surface area contributed by atoms with Crippen LogP contribution in [-0.2, 0) is 13.0 Å². The molecule has 7 nitrogen and oxygen atoms in total. The fourth-order valence-corrected chi connectivity index (χ4v) is 5.45. The maximum Gasteiger partial charge on any atom is 0.254 e. The van der Waals surface area contributed by atoms with Crippen LogP contribution in [0.3, 0.4) is 0 Å². The first-order valence-corrected chi connectivity index (χ1v) is 10.8. The van der Waals surface area contributed by atoms with Crippen LogP contribution in [0.1, 0.15) is 20.8 Å². The first-order valence-electron chi connectivity index (χ1n) is 10.0. The van der Waals surface area contributed by atoms with Crippen molar-refractivity contribution in [1.82, 2.24) is 24.4 Å². The number of hydrogen-bond donors (Lipinski definition) is 1. The molecule has 0 saturated carbocycles. The minimum Gasteiger partial charge on any atom is -0.383 e. The second-order valence-corrected chi connectivity index (χ2v) is 8.65. The van der Waals surface area contributed by atoms with Gasteiger partial charge >= 0.3 is 0 Å². The Morgan fingerprint density at radius 3 is 2.74 bits per heavy atom. The van der Waals surface area contributed by atoms with E-state index in [0.29, 0.717) is 24.5 Å². The molecule has 0 spiro atoms. The Bertz CT molecular complexity index is 1450. The normalized spacial score (nSPS) is 13.6. The van der Waals surface area contributed by atoms with E-state index in [1.807, 2.05) is 64.3 Å². The van der Waals surface area contributed by atoms with Crippen LogP contribution in [-0.4, -0.2) is 36.9 Å². The van der Waals surface area contributed by atoms with Gasteiger partial charge in [-0.25, -0.2) is 15.0 Å². The molecule has 0 radical (unpaired) electrons. The van der Waals surface area contributed by atoms with Crippen molar-refractivity contribution < 1.29 is 4.79 Å². The van der Waals surface area contributed by atoms with Crippen LogP contribution in [0.15, 0.2) is 61.2 Å². The van der Waals surface area contributed by atoms with Gasteiger partial charge in [-0.3, -0.25) is 9.36 Å². The number of para-hydroxylation sites is 2. The lowest BCUT2D eigenvalue weighted by molar-refractivity contribution is 0.0737. The Balaban J connectivity index is 1.27. The van der Waals surface area contributed by atoms with Crippen molar-refractivity contribution in [3.63, 3.8) is 0 Å². The van der Waals surface area contributed by atoms with E-state index in [0.717, 1.165) is 38.2 Å². The van der Waals surface area contributed by atoms with Crippen LogP contribution < -0.4 is 5.73 Å². The Kier molecular flexibility index (Phi) is 4.00. The third-order valence-corrected chi connectivity index (χ3v) is 6.92. The van der Waals surface area contributed by atoms with E-state index in [9.17, 15) is 4.79 Å². The molecule has 1 amide bonds. The molecule has 4 heterocycles. The highest BCUT2D eigenvalue weighted by Gasteiger charge is 2.26. The van der Waals surface area contributed by atoms with Crippen molar-refractivity contribution in [2.45, 2.75) is 13.0 Å². The topological polar surface area (TPSA) is 89.9 Å². The summed E-state index contributed by atoms with van der Waals surface area (Å²) in [6.07, 6.45) is 4.06. The van der Waals surface area contributed by atoms with Crippen LogP contribution in [0.25, 0.3) is 26.9 Å². The number of anilines is 1. The lowest BCUT2D eigenvalue weighted by Crippen LogP contribution is -2.35. The zero-order chi connectivity index (χ0) is 20.9. The number of carbonyl (C=O) groups is 1. The summed E-state index contributed by atoms with van der Waals surface area (Å²) >= 11 is 1.60. The zero-order valence-electron chi connectivity index (χ0n) is 16.5. The number of hydrogen-bond acceptors (Lipinski definition) is 6. The average molecular weight is 427 g/mol. The molecule has 8 heteroatoms. The van der Waals surface area contributed by atoms with Gasteiger partial charge in [0.2, 0.25) is 0 Å². The van der Waals surface area contributed by atoms with Crippen molar-refractivity contribution >= 4 is 44.3 Å². The number of nitrogens with two attached hydrogens (primary N) is 1. The molecule has 5 aromatic rings. The van der Waals surface area contributed by atoms with E-state index in [1.165, 1.54) is 11.9 Å². The molecule has 0 bridgehead atoms. The number of fused-ring (bicyclic) bond motifs is 4. The molecule has 2 N–H and O–H groups in total. The predicted molar refractivity (Wildman–Crippen MR) is 121 cm³/mol. The van der Waals surface area contributed by atoms with Gasteiger partial charge in [-0.2, -0.15) is 0 Å². The maximum atomic E-state index is 13.2. The Hall–Kier alpha value is -3.78. The van der Waals surface area contributed by atoms with Gasteiger partial charge in [0.25, 0.3) is 5.91 Å². The third-order valence-electron chi connectivity index (χ3n) is 5.80. The fraction of sp³-hybridized carbons (Fsp3) is 0.130. The minimum atomic E-state index is 0.0317. The Morgan fingerprint density at radius 2 is 1.87 bits per heavy atom. The van der Waals surface area contributed by atoms with Gasteiger partial charge in [0, 0.05) is 22.7 Å². The first kappa shape index (κ1) is 18.0. The molecule has 0 unspecified atom stereocenters. The molecule has 1 aliphatic heterocycles. The number of rotatable bonds is 2. The molecule has 152 valence electrons. The molecule has 3 aromatic heterocycles. The van der Waals surface area contributed by atoms with Gasteiger partial charge in [-0.15, -0.1) is 11.3 Å². The van der Waals surface area contributed by atoms with Gasteiger partial charge in [0.05, 0.1) is 23.0 Å². The van der Waals surface area contributed by atoms with Gasteiger partial charge in [-0.1, -0.05) is 12.1 Å². The van der Waals surface area contributed by atoms with E-state index >= 15 is 0 Å². The average Bonchev–Trinajstić information content (AvgIpc) is 3.40. The number of nitrogen functional groups attached to an aromatic ring is 1. The number of nitrogens with zero attached hydrogens (tertiary/aromatic N) is 5. The molecule has 0 atom stereocenters. The van der Waals surface area contributed by atoms with Crippen molar-refractivity contribution in [3.8, 4) is 5.69 Å². The first-order chi connectivity index (χ1) is 15.2. The van der Waals surface area contributed by atoms with Crippen LogP contribution in [0.4, 0.5) is 5.82 Å². The van der Waals surface area contributed by atoms with Gasteiger partial charge in [-0.05, 0) is 48.4 Å². The summed E-state index contributed by atoms with van der Waals surface area (Å²) in [6, 6.07) is 15.7. The SMILES string of the molecule is Nc1ncnc2sc3c(c12)CCN(C(=O)c1ccc(-n2cnc4ccccc42)cc1)C3. The van der Waals surface area contributed by atoms with Crippen molar-refractivity contribution in [2.24, 2.45) is 0 Å². The van der Waals surface area contributed by atoms with Crippen molar-refractivity contribution in [1.29, 1.82) is 0 Å². The monoisotopic (exact) mass is 426 g/mol. The predicted octanol–water partition coefficient (Wildman–Crippen LogP) is 3.81. The van der Waals surface area contributed by atoms with Gasteiger partial charge < -0.3 is 10.6 Å². The van der Waals surface area contributed by atoms with Crippen LogP contribution >= 0.6 is 11.3 Å². The molecule has 6 rings (SSSR count). The highest BCUT2D eigenvalue weighted by Crippen LogP contribution is 2.36. The summed E-state index contributed by atoms with van der Waals surface area (Å²) < 4.78 is 2.03. The highest BCUT2D eigenvalue weighted by molar-refractivity contribution is 7.19. The smallest absolute Gasteiger partial charge is 0.254 e.